The van der Waals surface area contributed by atoms with E-state index >= 15 is 0 Å². The van der Waals surface area contributed by atoms with Crippen LogP contribution in [0, 0.1) is 6.92 Å². The van der Waals surface area contributed by atoms with Crippen LogP contribution < -0.4 is 15.8 Å². The molecule has 1 heterocycles. The maximum atomic E-state index is 12.2. The molecule has 11 heteroatoms. The second kappa shape index (κ2) is 8.23. The second-order valence-electron chi connectivity index (χ2n) is 6.20. The fraction of sp³-hybridized carbons (Fsp3) is 0.167. The molecular weight excluding hydrogens is 418 g/mol. The summed E-state index contributed by atoms with van der Waals surface area (Å²) >= 11 is 1.36. The highest BCUT2D eigenvalue weighted by atomic mass is 32.2. The molecule has 0 radical (unpaired) electrons. The van der Waals surface area contributed by atoms with Crippen LogP contribution in [-0.2, 0) is 24.3 Å². The number of anilines is 2. The quantitative estimate of drug-likeness (QED) is 0.603. The van der Waals surface area contributed by atoms with Crippen LogP contribution in [0.3, 0.4) is 0 Å². The number of carbonyl (C=O) groups excluding carboxylic acids is 3. The number of fused-ring (bicyclic) bond motifs is 1. The molecule has 0 fully saturated rings. The molecule has 29 heavy (non-hydrogen) atoms. The summed E-state index contributed by atoms with van der Waals surface area (Å²) in [6.45, 7) is 1.00. The van der Waals surface area contributed by atoms with Crippen LogP contribution in [0.4, 0.5) is 11.4 Å². The van der Waals surface area contributed by atoms with Gasteiger partial charge in [0.2, 0.25) is 15.9 Å². The third kappa shape index (κ3) is 5.13. The molecule has 0 saturated carbocycles. The van der Waals surface area contributed by atoms with Crippen molar-refractivity contribution in [3.63, 3.8) is 0 Å². The zero-order valence-corrected chi connectivity index (χ0v) is 16.9. The Kier molecular flexibility index (Phi) is 5.91. The van der Waals surface area contributed by atoms with E-state index in [0.29, 0.717) is 17.0 Å². The third-order valence-electron chi connectivity index (χ3n) is 3.96. The Morgan fingerprint density at radius 1 is 1.24 bits per heavy atom. The van der Waals surface area contributed by atoms with Gasteiger partial charge in [-0.05, 0) is 42.8 Å². The van der Waals surface area contributed by atoms with Crippen molar-refractivity contribution < 1.29 is 27.5 Å². The van der Waals surface area contributed by atoms with E-state index in [1.54, 1.807) is 19.1 Å². The predicted molar refractivity (Wildman–Crippen MR) is 107 cm³/mol. The predicted octanol–water partition coefficient (Wildman–Crippen LogP) is 1.48. The minimum Gasteiger partial charge on any atom is -0.452 e. The summed E-state index contributed by atoms with van der Waals surface area (Å²) in [5, 5.41) is 10.3. The standard InChI is InChI=1S/C18H17N3O6S2/c1-10-2-4-12(7-15(10)29(19,25)26)20-16(22)8-27-18(24)11-3-5-14-13(6-11)21-17(23)9-28-14/h2-7H,8-9H2,1H3,(H,20,22)(H,21,23)(H2,19,25,26). The average Bonchev–Trinajstić information content (AvgIpc) is 2.66. The molecule has 0 aliphatic carbocycles. The van der Waals surface area contributed by atoms with Gasteiger partial charge in [-0.3, -0.25) is 9.59 Å². The summed E-state index contributed by atoms with van der Waals surface area (Å²) in [5.74, 6) is -1.24. The van der Waals surface area contributed by atoms with Crippen LogP contribution in [0.2, 0.25) is 0 Å². The Bertz CT molecular complexity index is 1110. The number of ether oxygens (including phenoxy) is 1. The zero-order valence-electron chi connectivity index (χ0n) is 15.2. The number of rotatable bonds is 5. The number of hydrogen-bond donors (Lipinski definition) is 3. The number of nitrogens with two attached hydrogens (primary N) is 1. The number of hydrogen-bond acceptors (Lipinski definition) is 7. The molecule has 4 N–H and O–H groups in total. The lowest BCUT2D eigenvalue weighted by atomic mass is 10.2. The van der Waals surface area contributed by atoms with Gasteiger partial charge in [0, 0.05) is 10.6 Å². The number of sulfonamides is 1. The first-order chi connectivity index (χ1) is 13.6. The van der Waals surface area contributed by atoms with Crippen LogP contribution >= 0.6 is 11.8 Å². The summed E-state index contributed by atoms with van der Waals surface area (Å²) in [6.07, 6.45) is 0. The van der Waals surface area contributed by atoms with Crippen LogP contribution in [0.5, 0.6) is 0 Å². The largest absolute Gasteiger partial charge is 0.452 e. The molecule has 3 rings (SSSR count). The Morgan fingerprint density at radius 3 is 2.72 bits per heavy atom. The Labute approximate surface area is 171 Å². The molecule has 2 aromatic rings. The van der Waals surface area contributed by atoms with E-state index in [1.807, 2.05) is 0 Å². The number of benzene rings is 2. The Hall–Kier alpha value is -2.89. The van der Waals surface area contributed by atoms with Gasteiger partial charge in [-0.15, -0.1) is 11.8 Å². The first kappa shape index (κ1) is 20.8. The molecular formula is C18H17N3O6S2. The van der Waals surface area contributed by atoms with Crippen molar-refractivity contribution in [2.24, 2.45) is 5.14 Å². The molecule has 0 aromatic heterocycles. The summed E-state index contributed by atoms with van der Waals surface area (Å²) in [7, 11) is -3.93. The summed E-state index contributed by atoms with van der Waals surface area (Å²) < 4.78 is 28.1. The van der Waals surface area contributed by atoms with Crippen molar-refractivity contribution in [3.8, 4) is 0 Å². The highest BCUT2D eigenvalue weighted by Gasteiger charge is 2.19. The number of amides is 2. The Balaban J connectivity index is 1.62. The van der Waals surface area contributed by atoms with Crippen LogP contribution in [0.1, 0.15) is 15.9 Å². The highest BCUT2D eigenvalue weighted by molar-refractivity contribution is 8.00. The molecule has 0 saturated heterocycles. The van der Waals surface area contributed by atoms with Gasteiger partial charge in [0.25, 0.3) is 5.91 Å². The minimum atomic E-state index is -3.93. The zero-order chi connectivity index (χ0) is 21.2. The minimum absolute atomic E-state index is 0.110. The highest BCUT2D eigenvalue weighted by Crippen LogP contribution is 2.32. The number of primary sulfonamides is 1. The smallest absolute Gasteiger partial charge is 0.338 e. The number of carbonyl (C=O) groups is 3. The van der Waals surface area contributed by atoms with Crippen LogP contribution in [0.15, 0.2) is 46.2 Å². The van der Waals surface area contributed by atoms with Gasteiger partial charge in [-0.25, -0.2) is 18.4 Å². The number of aryl methyl sites for hydroxylation is 1. The summed E-state index contributed by atoms with van der Waals surface area (Å²) in [4.78, 5) is 36.4. The van der Waals surface area contributed by atoms with Crippen molar-refractivity contribution in [1.82, 2.24) is 0 Å². The Morgan fingerprint density at radius 2 is 2.00 bits per heavy atom. The van der Waals surface area contributed by atoms with Gasteiger partial charge < -0.3 is 15.4 Å². The maximum absolute atomic E-state index is 12.2. The number of esters is 1. The van der Waals surface area contributed by atoms with Crippen molar-refractivity contribution in [2.45, 2.75) is 16.7 Å². The van der Waals surface area contributed by atoms with Gasteiger partial charge in [0.1, 0.15) is 0 Å². The van der Waals surface area contributed by atoms with Crippen molar-refractivity contribution in [2.75, 3.05) is 23.0 Å². The number of nitrogens with one attached hydrogen (secondary N) is 2. The van der Waals surface area contributed by atoms with Gasteiger partial charge in [-0.1, -0.05) is 6.07 Å². The lowest BCUT2D eigenvalue weighted by Crippen LogP contribution is -2.22. The fourth-order valence-electron chi connectivity index (χ4n) is 2.61. The summed E-state index contributed by atoms with van der Waals surface area (Å²) in [5.41, 5.74) is 1.34. The third-order valence-corrected chi connectivity index (χ3v) is 6.09. The van der Waals surface area contributed by atoms with Crippen LogP contribution in [0.25, 0.3) is 0 Å². The van der Waals surface area contributed by atoms with Crippen molar-refractivity contribution in [1.29, 1.82) is 0 Å². The summed E-state index contributed by atoms with van der Waals surface area (Å²) in [6, 6.07) is 8.96. The second-order valence-corrected chi connectivity index (χ2v) is 8.74. The van der Waals surface area contributed by atoms with Gasteiger partial charge in [-0.2, -0.15) is 0 Å². The molecule has 0 spiro atoms. The molecule has 0 unspecified atom stereocenters. The SMILES string of the molecule is Cc1ccc(NC(=O)COC(=O)c2ccc3c(c2)NC(=O)CS3)cc1S(N)(=O)=O. The van der Waals surface area contributed by atoms with E-state index in [9.17, 15) is 22.8 Å². The van der Waals surface area contributed by atoms with Gasteiger partial charge >= 0.3 is 5.97 Å². The van der Waals surface area contributed by atoms with E-state index in [2.05, 4.69) is 10.6 Å². The number of thioether (sulfide) groups is 1. The van der Waals surface area contributed by atoms with Crippen molar-refractivity contribution in [3.05, 3.63) is 47.5 Å². The van der Waals surface area contributed by atoms with E-state index < -0.39 is 28.5 Å². The molecule has 0 bridgehead atoms. The molecule has 152 valence electrons. The van der Waals surface area contributed by atoms with Crippen LogP contribution in [-0.4, -0.2) is 38.6 Å². The molecule has 9 nitrogen and oxygen atoms in total. The molecule has 2 amide bonds. The van der Waals surface area contributed by atoms with Gasteiger partial charge in [0.15, 0.2) is 6.61 Å². The monoisotopic (exact) mass is 435 g/mol. The molecule has 1 aliphatic heterocycles. The van der Waals surface area contributed by atoms with E-state index in [4.69, 9.17) is 9.88 Å². The average molecular weight is 435 g/mol. The first-order valence-corrected chi connectivity index (χ1v) is 10.8. The fourth-order valence-corrected chi connectivity index (χ4v) is 4.20. The molecule has 1 aliphatic rings. The lowest BCUT2D eigenvalue weighted by molar-refractivity contribution is -0.119. The van der Waals surface area contributed by atoms with E-state index in [-0.39, 0.29) is 22.1 Å². The first-order valence-electron chi connectivity index (χ1n) is 8.30. The van der Waals surface area contributed by atoms with Crippen molar-refractivity contribution >= 4 is 50.9 Å². The lowest BCUT2D eigenvalue weighted by Gasteiger charge is -2.16. The maximum Gasteiger partial charge on any atom is 0.338 e. The van der Waals surface area contributed by atoms with E-state index in [0.717, 1.165) is 4.90 Å². The van der Waals surface area contributed by atoms with E-state index in [1.165, 1.54) is 36.0 Å². The van der Waals surface area contributed by atoms with Gasteiger partial charge in [0.05, 0.1) is 21.9 Å². The topological polar surface area (TPSA) is 145 Å². The molecule has 0 atom stereocenters. The normalized spacial score (nSPS) is 13.2. The molecule has 2 aromatic carbocycles.